The lowest BCUT2D eigenvalue weighted by molar-refractivity contribution is -0.122. The lowest BCUT2D eigenvalue weighted by atomic mass is 9.96. The number of anilines is 1. The van der Waals surface area contributed by atoms with Gasteiger partial charge < -0.3 is 5.32 Å². The molecule has 0 saturated carbocycles. The lowest BCUT2D eigenvalue weighted by Gasteiger charge is -2.31. The fourth-order valence-electron chi connectivity index (χ4n) is 3.51. The molecule has 0 saturated heterocycles. The molecule has 0 heterocycles. The van der Waals surface area contributed by atoms with Crippen molar-refractivity contribution >= 4 is 33.2 Å². The average Bonchev–Trinajstić information content (AvgIpc) is 2.61. The van der Waals surface area contributed by atoms with E-state index in [4.69, 9.17) is 11.6 Å². The first kappa shape index (κ1) is 23.2. The van der Waals surface area contributed by atoms with Gasteiger partial charge in [0.15, 0.2) is 0 Å². The lowest BCUT2D eigenvalue weighted by Crippen LogP contribution is -2.49. The number of hydrogen-bond donors (Lipinski definition) is 1. The third-order valence-corrected chi connectivity index (χ3v) is 6.52. The van der Waals surface area contributed by atoms with E-state index in [1.807, 2.05) is 20.8 Å². The minimum atomic E-state index is -3.70. The van der Waals surface area contributed by atoms with Crippen LogP contribution in [-0.2, 0) is 14.8 Å². The Kier molecular flexibility index (Phi) is 7.35. The zero-order valence-corrected chi connectivity index (χ0v) is 19.4. The zero-order chi connectivity index (χ0) is 21.9. The van der Waals surface area contributed by atoms with Crippen LogP contribution < -0.4 is 9.62 Å². The standard InChI is InChI=1S/C22H29ClN2O3S/c1-7-21(25(29(6,27)28)19-10-8-9-18(23)13-19)22(26)24-17(5)20-12-15(3)14(2)11-16(20)4/h8-13,17,21H,7H2,1-6H3,(H,24,26)/t17-,21+/m1/s1. The normalized spacial score (nSPS) is 13.6. The van der Waals surface area contributed by atoms with Gasteiger partial charge in [-0.2, -0.15) is 0 Å². The minimum absolute atomic E-state index is 0.253. The summed E-state index contributed by atoms with van der Waals surface area (Å²) in [5.41, 5.74) is 4.82. The van der Waals surface area contributed by atoms with E-state index in [-0.39, 0.29) is 11.9 Å². The molecule has 158 valence electrons. The number of amides is 1. The Labute approximate surface area is 179 Å². The Bertz CT molecular complexity index is 1010. The molecule has 2 aromatic rings. The summed E-state index contributed by atoms with van der Waals surface area (Å²) in [4.78, 5) is 13.1. The highest BCUT2D eigenvalue weighted by atomic mass is 35.5. The second kappa shape index (κ2) is 9.18. The maximum absolute atomic E-state index is 13.1. The zero-order valence-electron chi connectivity index (χ0n) is 17.8. The highest BCUT2D eigenvalue weighted by molar-refractivity contribution is 7.92. The van der Waals surface area contributed by atoms with Crippen molar-refractivity contribution in [2.75, 3.05) is 10.6 Å². The van der Waals surface area contributed by atoms with E-state index >= 15 is 0 Å². The average molecular weight is 437 g/mol. The molecule has 0 aliphatic heterocycles. The molecule has 0 fully saturated rings. The van der Waals surface area contributed by atoms with Crippen LogP contribution in [0.1, 0.15) is 48.6 Å². The van der Waals surface area contributed by atoms with Gasteiger partial charge in [-0.3, -0.25) is 9.10 Å². The van der Waals surface area contributed by atoms with E-state index in [1.165, 1.54) is 5.56 Å². The predicted molar refractivity (Wildman–Crippen MR) is 120 cm³/mol. The Morgan fingerprint density at radius 2 is 1.72 bits per heavy atom. The number of halogens is 1. The van der Waals surface area contributed by atoms with Gasteiger partial charge in [0.05, 0.1) is 18.0 Å². The number of hydrogen-bond acceptors (Lipinski definition) is 3. The summed E-state index contributed by atoms with van der Waals surface area (Å²) in [6, 6.07) is 9.56. The van der Waals surface area contributed by atoms with Crippen LogP contribution in [-0.4, -0.2) is 26.6 Å². The van der Waals surface area contributed by atoms with Gasteiger partial charge in [-0.15, -0.1) is 0 Å². The second-order valence-electron chi connectivity index (χ2n) is 7.49. The summed E-state index contributed by atoms with van der Waals surface area (Å²) in [5, 5.41) is 3.40. The van der Waals surface area contributed by atoms with Gasteiger partial charge in [0.1, 0.15) is 6.04 Å². The highest BCUT2D eigenvalue weighted by Gasteiger charge is 2.32. The monoisotopic (exact) mass is 436 g/mol. The molecule has 0 spiro atoms. The van der Waals surface area contributed by atoms with E-state index in [0.717, 1.165) is 27.3 Å². The van der Waals surface area contributed by atoms with Crippen LogP contribution >= 0.6 is 11.6 Å². The number of aryl methyl sites for hydroxylation is 3. The summed E-state index contributed by atoms with van der Waals surface area (Å²) in [5.74, 6) is -0.344. The molecule has 0 unspecified atom stereocenters. The molecule has 1 N–H and O–H groups in total. The molecular formula is C22H29ClN2O3S. The highest BCUT2D eigenvalue weighted by Crippen LogP contribution is 2.27. The quantitative estimate of drug-likeness (QED) is 0.684. The molecule has 0 aromatic heterocycles. The van der Waals surface area contributed by atoms with E-state index in [0.29, 0.717) is 17.1 Å². The summed E-state index contributed by atoms with van der Waals surface area (Å²) < 4.78 is 26.2. The van der Waals surface area contributed by atoms with Crippen LogP contribution in [0.4, 0.5) is 5.69 Å². The first-order valence-electron chi connectivity index (χ1n) is 9.58. The van der Waals surface area contributed by atoms with Crippen molar-refractivity contribution in [1.29, 1.82) is 0 Å². The number of carbonyl (C=O) groups excluding carboxylic acids is 1. The number of nitrogens with zero attached hydrogens (tertiary/aromatic N) is 1. The number of rotatable bonds is 7. The van der Waals surface area contributed by atoms with Crippen LogP contribution in [0.3, 0.4) is 0 Å². The van der Waals surface area contributed by atoms with Crippen molar-refractivity contribution in [2.24, 2.45) is 0 Å². The van der Waals surface area contributed by atoms with Crippen LogP contribution in [0.25, 0.3) is 0 Å². The van der Waals surface area contributed by atoms with Crippen molar-refractivity contribution in [3.63, 3.8) is 0 Å². The van der Waals surface area contributed by atoms with Crippen molar-refractivity contribution in [3.8, 4) is 0 Å². The Morgan fingerprint density at radius 3 is 2.28 bits per heavy atom. The second-order valence-corrected chi connectivity index (χ2v) is 9.78. The number of carbonyl (C=O) groups is 1. The summed E-state index contributed by atoms with van der Waals surface area (Å²) >= 11 is 6.05. The number of benzene rings is 2. The van der Waals surface area contributed by atoms with Crippen molar-refractivity contribution < 1.29 is 13.2 Å². The van der Waals surface area contributed by atoms with Crippen LogP contribution in [0.2, 0.25) is 5.02 Å². The molecule has 0 radical (unpaired) electrons. The third-order valence-electron chi connectivity index (χ3n) is 5.10. The van der Waals surface area contributed by atoms with Gasteiger partial charge in [0, 0.05) is 5.02 Å². The molecule has 5 nitrogen and oxygen atoms in total. The van der Waals surface area contributed by atoms with Gasteiger partial charge in [0.2, 0.25) is 15.9 Å². The third kappa shape index (κ3) is 5.52. The van der Waals surface area contributed by atoms with Gasteiger partial charge in [0.25, 0.3) is 0 Å². The molecule has 7 heteroatoms. The molecule has 0 aliphatic carbocycles. The molecular weight excluding hydrogens is 408 g/mol. The van der Waals surface area contributed by atoms with E-state index in [9.17, 15) is 13.2 Å². The minimum Gasteiger partial charge on any atom is -0.348 e. The van der Waals surface area contributed by atoms with Gasteiger partial charge >= 0.3 is 0 Å². The molecule has 0 aliphatic rings. The largest absolute Gasteiger partial charge is 0.348 e. The maximum Gasteiger partial charge on any atom is 0.244 e. The number of nitrogens with one attached hydrogen (secondary N) is 1. The first-order chi connectivity index (χ1) is 13.5. The van der Waals surface area contributed by atoms with Crippen molar-refractivity contribution in [2.45, 2.75) is 53.1 Å². The van der Waals surface area contributed by atoms with Gasteiger partial charge in [-0.05, 0) is 74.6 Å². The molecule has 2 atom stereocenters. The van der Waals surface area contributed by atoms with E-state index in [1.54, 1.807) is 31.2 Å². The Morgan fingerprint density at radius 1 is 1.10 bits per heavy atom. The smallest absolute Gasteiger partial charge is 0.244 e. The van der Waals surface area contributed by atoms with Crippen molar-refractivity contribution in [1.82, 2.24) is 5.32 Å². The summed E-state index contributed by atoms with van der Waals surface area (Å²) in [7, 11) is -3.70. The first-order valence-corrected chi connectivity index (χ1v) is 11.8. The van der Waals surface area contributed by atoms with Crippen LogP contribution in [0.15, 0.2) is 36.4 Å². The molecule has 1 amide bonds. The van der Waals surface area contributed by atoms with E-state index in [2.05, 4.69) is 24.4 Å². The van der Waals surface area contributed by atoms with Gasteiger partial charge in [-0.1, -0.05) is 36.7 Å². The molecule has 29 heavy (non-hydrogen) atoms. The van der Waals surface area contributed by atoms with Crippen LogP contribution in [0.5, 0.6) is 0 Å². The van der Waals surface area contributed by atoms with Gasteiger partial charge in [-0.25, -0.2) is 8.42 Å². The molecule has 2 aromatic carbocycles. The Hall–Kier alpha value is -2.05. The maximum atomic E-state index is 13.1. The topological polar surface area (TPSA) is 66.5 Å². The molecule has 2 rings (SSSR count). The fourth-order valence-corrected chi connectivity index (χ4v) is 4.90. The van der Waals surface area contributed by atoms with E-state index < -0.39 is 16.1 Å². The van der Waals surface area contributed by atoms with Crippen molar-refractivity contribution in [3.05, 3.63) is 63.7 Å². The van der Waals surface area contributed by atoms with Crippen LogP contribution in [0, 0.1) is 20.8 Å². The Balaban J connectivity index is 2.36. The molecule has 0 bridgehead atoms. The fraction of sp³-hybridized carbons (Fsp3) is 0.409. The predicted octanol–water partition coefficient (Wildman–Crippen LogP) is 4.69. The summed E-state index contributed by atoms with van der Waals surface area (Å²) in [6.07, 6.45) is 1.42. The summed E-state index contributed by atoms with van der Waals surface area (Å²) in [6.45, 7) is 9.80. The SMILES string of the molecule is CC[C@@H](C(=O)N[C@H](C)c1cc(C)c(C)cc1C)N(c1cccc(Cl)c1)S(C)(=O)=O. The number of sulfonamides is 1.